The smallest absolute Gasteiger partial charge is 0.243 e. The van der Waals surface area contributed by atoms with Gasteiger partial charge in [-0.3, -0.25) is 4.79 Å². The monoisotopic (exact) mass is 430 g/mol. The number of benzene rings is 2. The van der Waals surface area contributed by atoms with Gasteiger partial charge in [0.1, 0.15) is 0 Å². The van der Waals surface area contributed by atoms with Gasteiger partial charge in [0, 0.05) is 19.4 Å². The molecule has 0 aliphatic carbocycles. The number of carbonyl (C=O) groups excluding carboxylic acids is 1. The summed E-state index contributed by atoms with van der Waals surface area (Å²) in [5.41, 5.74) is 1.76. The van der Waals surface area contributed by atoms with E-state index in [1.165, 1.54) is 0 Å². The number of para-hydroxylation sites is 1. The highest BCUT2D eigenvalue weighted by atomic mass is 127. The van der Waals surface area contributed by atoms with Crippen molar-refractivity contribution in [3.63, 3.8) is 0 Å². The van der Waals surface area contributed by atoms with Crippen LogP contribution in [0.2, 0.25) is 0 Å². The lowest BCUT2D eigenvalue weighted by Crippen LogP contribution is -2.22. The Labute approximate surface area is 134 Å². The van der Waals surface area contributed by atoms with Gasteiger partial charge in [-0.15, -0.1) is 0 Å². The molecule has 19 heavy (non-hydrogen) atoms. The summed E-state index contributed by atoms with van der Waals surface area (Å²) in [4.78, 5) is 11.8. The Morgan fingerprint density at radius 2 is 1.79 bits per heavy atom. The van der Waals surface area contributed by atoms with Crippen LogP contribution >= 0.6 is 38.5 Å². The lowest BCUT2D eigenvalue weighted by atomic mass is 10.3. The first-order valence-electron chi connectivity index (χ1n) is 5.69. The molecule has 1 amide bonds. The number of amides is 1. The Kier molecular flexibility index (Phi) is 5.21. The fourth-order valence-corrected chi connectivity index (χ4v) is 2.36. The molecule has 2 rings (SSSR count). The van der Waals surface area contributed by atoms with Crippen LogP contribution in [0.1, 0.15) is 0 Å². The summed E-state index contributed by atoms with van der Waals surface area (Å²) in [6.07, 6.45) is 0. The van der Waals surface area contributed by atoms with Crippen LogP contribution in [0.3, 0.4) is 0 Å². The van der Waals surface area contributed by atoms with E-state index in [1.807, 2.05) is 48.5 Å². The van der Waals surface area contributed by atoms with E-state index in [4.69, 9.17) is 0 Å². The van der Waals surface area contributed by atoms with Gasteiger partial charge in [-0.05, 0) is 59.0 Å². The average Bonchev–Trinajstić information content (AvgIpc) is 2.40. The molecule has 0 radical (unpaired) electrons. The van der Waals surface area contributed by atoms with E-state index >= 15 is 0 Å². The average molecular weight is 431 g/mol. The Balaban J connectivity index is 1.88. The molecular formula is C14H12BrIN2O. The third-order valence-electron chi connectivity index (χ3n) is 2.44. The van der Waals surface area contributed by atoms with Gasteiger partial charge in [0.2, 0.25) is 5.91 Å². The van der Waals surface area contributed by atoms with Crippen molar-refractivity contribution in [2.24, 2.45) is 0 Å². The summed E-state index contributed by atoms with van der Waals surface area (Å²) in [5.74, 6) is -0.0676. The normalized spacial score (nSPS) is 10.0. The first-order valence-corrected chi connectivity index (χ1v) is 7.56. The fraction of sp³-hybridized carbons (Fsp3) is 0.0714. The van der Waals surface area contributed by atoms with Crippen LogP contribution in [-0.4, -0.2) is 12.5 Å². The van der Waals surface area contributed by atoms with E-state index in [1.54, 1.807) is 0 Å². The number of halogens is 2. The van der Waals surface area contributed by atoms with Crippen LogP contribution in [0.25, 0.3) is 0 Å². The molecule has 0 heterocycles. The van der Waals surface area contributed by atoms with E-state index in [0.717, 1.165) is 19.4 Å². The highest BCUT2D eigenvalue weighted by Crippen LogP contribution is 2.17. The molecule has 0 atom stereocenters. The van der Waals surface area contributed by atoms with Gasteiger partial charge in [-0.1, -0.05) is 28.1 Å². The van der Waals surface area contributed by atoms with Gasteiger partial charge in [-0.2, -0.15) is 0 Å². The molecule has 2 aromatic rings. The summed E-state index contributed by atoms with van der Waals surface area (Å²) in [7, 11) is 0. The summed E-state index contributed by atoms with van der Waals surface area (Å²) >= 11 is 5.59. The number of hydrogen-bond donors (Lipinski definition) is 2. The highest BCUT2D eigenvalue weighted by Gasteiger charge is 2.03. The standard InChI is InChI=1S/C14H12BrIN2O/c15-10-5-7-11(8-6-10)18-14(19)9-17-13-4-2-1-3-12(13)16/h1-8,17H,9H2,(H,18,19). The van der Waals surface area contributed by atoms with Crippen molar-refractivity contribution >= 4 is 55.8 Å². The number of carbonyl (C=O) groups is 1. The first-order chi connectivity index (χ1) is 9.15. The predicted molar refractivity (Wildman–Crippen MR) is 90.4 cm³/mol. The zero-order valence-corrected chi connectivity index (χ0v) is 13.7. The van der Waals surface area contributed by atoms with Crippen molar-refractivity contribution in [3.8, 4) is 0 Å². The van der Waals surface area contributed by atoms with E-state index < -0.39 is 0 Å². The second kappa shape index (κ2) is 6.91. The highest BCUT2D eigenvalue weighted by molar-refractivity contribution is 14.1. The largest absolute Gasteiger partial charge is 0.375 e. The maximum absolute atomic E-state index is 11.8. The van der Waals surface area contributed by atoms with Crippen molar-refractivity contribution in [1.82, 2.24) is 0 Å². The van der Waals surface area contributed by atoms with Gasteiger partial charge < -0.3 is 10.6 Å². The summed E-state index contributed by atoms with van der Waals surface area (Å²) in [5, 5.41) is 5.95. The second-order valence-corrected chi connectivity index (χ2v) is 5.97. The molecule has 3 nitrogen and oxygen atoms in total. The van der Waals surface area contributed by atoms with E-state index in [0.29, 0.717) is 0 Å². The van der Waals surface area contributed by atoms with Crippen LogP contribution in [0.15, 0.2) is 53.0 Å². The molecule has 98 valence electrons. The van der Waals surface area contributed by atoms with Crippen molar-refractivity contribution in [2.45, 2.75) is 0 Å². The van der Waals surface area contributed by atoms with Crippen LogP contribution < -0.4 is 10.6 Å². The van der Waals surface area contributed by atoms with Crippen molar-refractivity contribution in [3.05, 3.63) is 56.6 Å². The molecule has 0 bridgehead atoms. The van der Waals surface area contributed by atoms with Gasteiger partial charge in [0.25, 0.3) is 0 Å². The Hall–Kier alpha value is -1.08. The number of rotatable bonds is 4. The predicted octanol–water partition coefficient (Wildman–Crippen LogP) is 4.10. The fourth-order valence-electron chi connectivity index (χ4n) is 1.52. The minimum atomic E-state index is -0.0676. The molecule has 2 N–H and O–H groups in total. The van der Waals surface area contributed by atoms with E-state index in [9.17, 15) is 4.79 Å². The minimum Gasteiger partial charge on any atom is -0.375 e. The number of anilines is 2. The van der Waals surface area contributed by atoms with Crippen molar-refractivity contribution in [2.75, 3.05) is 17.2 Å². The van der Waals surface area contributed by atoms with Crippen molar-refractivity contribution in [1.29, 1.82) is 0 Å². The number of nitrogens with one attached hydrogen (secondary N) is 2. The van der Waals surface area contributed by atoms with E-state index in [-0.39, 0.29) is 12.5 Å². The van der Waals surface area contributed by atoms with Crippen LogP contribution in [0, 0.1) is 3.57 Å². The third-order valence-corrected chi connectivity index (χ3v) is 3.91. The molecular weight excluding hydrogens is 419 g/mol. The van der Waals surface area contributed by atoms with Gasteiger partial charge in [0.15, 0.2) is 0 Å². The second-order valence-electron chi connectivity index (χ2n) is 3.89. The Morgan fingerprint density at radius 1 is 1.11 bits per heavy atom. The quantitative estimate of drug-likeness (QED) is 0.717. The Bertz CT molecular complexity index is 572. The minimum absolute atomic E-state index is 0.0676. The summed E-state index contributed by atoms with van der Waals surface area (Å²) < 4.78 is 2.08. The maximum atomic E-state index is 11.8. The SMILES string of the molecule is O=C(CNc1ccccc1I)Nc1ccc(Br)cc1. The Morgan fingerprint density at radius 3 is 2.47 bits per heavy atom. The molecule has 0 saturated carbocycles. The topological polar surface area (TPSA) is 41.1 Å². The van der Waals surface area contributed by atoms with Gasteiger partial charge in [-0.25, -0.2) is 0 Å². The van der Waals surface area contributed by atoms with Crippen LogP contribution in [0.5, 0.6) is 0 Å². The molecule has 0 unspecified atom stereocenters. The van der Waals surface area contributed by atoms with Gasteiger partial charge >= 0.3 is 0 Å². The number of hydrogen-bond acceptors (Lipinski definition) is 2. The molecule has 0 spiro atoms. The lowest BCUT2D eigenvalue weighted by Gasteiger charge is -2.09. The zero-order valence-electron chi connectivity index (χ0n) is 9.99. The van der Waals surface area contributed by atoms with Crippen LogP contribution in [0.4, 0.5) is 11.4 Å². The summed E-state index contributed by atoms with van der Waals surface area (Å²) in [6.45, 7) is 0.246. The molecule has 0 aliphatic rings. The summed E-state index contributed by atoms with van der Waals surface area (Å²) in [6, 6.07) is 15.4. The third kappa shape index (κ3) is 4.50. The molecule has 2 aromatic carbocycles. The van der Waals surface area contributed by atoms with E-state index in [2.05, 4.69) is 49.2 Å². The lowest BCUT2D eigenvalue weighted by molar-refractivity contribution is -0.114. The van der Waals surface area contributed by atoms with Crippen LogP contribution in [-0.2, 0) is 4.79 Å². The van der Waals surface area contributed by atoms with Crippen molar-refractivity contribution < 1.29 is 4.79 Å². The first kappa shape index (κ1) is 14.3. The zero-order chi connectivity index (χ0) is 13.7. The molecule has 0 aromatic heterocycles. The molecule has 0 aliphatic heterocycles. The van der Waals surface area contributed by atoms with Gasteiger partial charge in [0.05, 0.1) is 6.54 Å². The molecule has 0 saturated heterocycles. The molecule has 5 heteroatoms. The maximum Gasteiger partial charge on any atom is 0.243 e. The molecule has 0 fully saturated rings.